The highest BCUT2D eigenvalue weighted by atomic mass is 16.4. The smallest absolute Gasteiger partial charge is 0.304 e. The van der Waals surface area contributed by atoms with Gasteiger partial charge in [-0.3, -0.25) is 4.79 Å². The summed E-state index contributed by atoms with van der Waals surface area (Å²) >= 11 is 0. The quantitative estimate of drug-likeness (QED) is 0.882. The minimum absolute atomic E-state index is 0.260. The zero-order chi connectivity index (χ0) is 13.9. The van der Waals surface area contributed by atoms with Crippen molar-refractivity contribution in [3.05, 3.63) is 35.4 Å². The Bertz CT molecular complexity index is 481. The first-order chi connectivity index (χ1) is 9.72. The van der Waals surface area contributed by atoms with E-state index in [0.717, 1.165) is 32.7 Å². The fourth-order valence-electron chi connectivity index (χ4n) is 3.29. The maximum atomic E-state index is 10.6. The van der Waals surface area contributed by atoms with Gasteiger partial charge in [0.2, 0.25) is 0 Å². The third-order valence-electron chi connectivity index (χ3n) is 4.55. The van der Waals surface area contributed by atoms with Crippen LogP contribution in [-0.2, 0) is 11.2 Å². The highest BCUT2D eigenvalue weighted by Crippen LogP contribution is 2.35. The summed E-state index contributed by atoms with van der Waals surface area (Å²) in [5.41, 5.74) is 3.04. The van der Waals surface area contributed by atoms with Gasteiger partial charge in [0.15, 0.2) is 0 Å². The fourth-order valence-corrected chi connectivity index (χ4v) is 3.29. The van der Waals surface area contributed by atoms with Gasteiger partial charge in [-0.25, -0.2) is 0 Å². The van der Waals surface area contributed by atoms with Crippen molar-refractivity contribution in [1.82, 2.24) is 9.80 Å². The Labute approximate surface area is 120 Å². The summed E-state index contributed by atoms with van der Waals surface area (Å²) in [7, 11) is 0. The zero-order valence-corrected chi connectivity index (χ0v) is 11.8. The van der Waals surface area contributed by atoms with Gasteiger partial charge < -0.3 is 14.9 Å². The Kier molecular flexibility index (Phi) is 4.03. The van der Waals surface area contributed by atoms with Gasteiger partial charge in [0.25, 0.3) is 0 Å². The normalized spacial score (nSPS) is 23.1. The minimum Gasteiger partial charge on any atom is -0.481 e. The molecule has 108 valence electrons. The predicted octanol–water partition coefficient (Wildman–Crippen LogP) is 1.42. The molecule has 1 aliphatic carbocycles. The van der Waals surface area contributed by atoms with E-state index in [9.17, 15) is 4.79 Å². The van der Waals surface area contributed by atoms with Crippen LogP contribution in [0.15, 0.2) is 24.3 Å². The molecule has 1 aromatic rings. The number of rotatable bonds is 5. The Balaban J connectivity index is 1.43. The number of carboxylic acid groups (broad SMARTS) is 1. The van der Waals surface area contributed by atoms with Crippen LogP contribution in [0.2, 0.25) is 0 Å². The molecule has 0 aromatic heterocycles. The standard InChI is InChI=1S/C16H22N2O2/c19-16(20)5-6-17-7-9-18(10-8-17)12-14-11-13-3-1-2-4-15(13)14/h1-4,14H,5-12H2,(H,19,20). The van der Waals surface area contributed by atoms with E-state index in [2.05, 4.69) is 34.1 Å². The first-order valence-corrected chi connectivity index (χ1v) is 7.46. The Hall–Kier alpha value is -1.39. The van der Waals surface area contributed by atoms with Gasteiger partial charge in [-0.2, -0.15) is 0 Å². The van der Waals surface area contributed by atoms with Gasteiger partial charge in [-0.1, -0.05) is 24.3 Å². The maximum Gasteiger partial charge on any atom is 0.304 e. The van der Waals surface area contributed by atoms with Crippen LogP contribution in [0.5, 0.6) is 0 Å². The lowest BCUT2D eigenvalue weighted by Gasteiger charge is -2.39. The highest BCUT2D eigenvalue weighted by molar-refractivity contribution is 5.66. The first-order valence-electron chi connectivity index (χ1n) is 7.46. The molecule has 0 amide bonds. The van der Waals surface area contributed by atoms with Crippen LogP contribution in [0.1, 0.15) is 23.5 Å². The highest BCUT2D eigenvalue weighted by Gasteiger charge is 2.28. The molecule has 1 aliphatic heterocycles. The van der Waals surface area contributed by atoms with E-state index in [1.165, 1.54) is 17.5 Å². The summed E-state index contributed by atoms with van der Waals surface area (Å²) in [6, 6.07) is 8.74. The van der Waals surface area contributed by atoms with Gasteiger partial charge in [-0.05, 0) is 17.5 Å². The molecule has 0 bridgehead atoms. The lowest BCUT2D eigenvalue weighted by atomic mass is 9.77. The molecule has 4 nitrogen and oxygen atoms in total. The number of nitrogens with zero attached hydrogens (tertiary/aromatic N) is 2. The summed E-state index contributed by atoms with van der Waals surface area (Å²) in [6.07, 6.45) is 1.48. The monoisotopic (exact) mass is 274 g/mol. The molecular formula is C16H22N2O2. The number of hydrogen-bond acceptors (Lipinski definition) is 3. The van der Waals surface area contributed by atoms with Crippen molar-refractivity contribution in [2.45, 2.75) is 18.8 Å². The van der Waals surface area contributed by atoms with Crippen molar-refractivity contribution < 1.29 is 9.90 Å². The van der Waals surface area contributed by atoms with Gasteiger partial charge >= 0.3 is 5.97 Å². The Morgan fingerprint density at radius 3 is 2.55 bits per heavy atom. The number of aliphatic carboxylic acids is 1. The molecule has 4 heteroatoms. The summed E-state index contributed by atoms with van der Waals surface area (Å²) in [5.74, 6) is 0.00951. The SMILES string of the molecule is O=C(O)CCN1CCN(CC2Cc3ccccc32)CC1. The van der Waals surface area contributed by atoms with Gasteiger partial charge in [-0.15, -0.1) is 0 Å². The van der Waals surface area contributed by atoms with E-state index >= 15 is 0 Å². The Morgan fingerprint density at radius 2 is 1.85 bits per heavy atom. The Morgan fingerprint density at radius 1 is 1.15 bits per heavy atom. The molecule has 2 aliphatic rings. The summed E-state index contributed by atoms with van der Waals surface area (Å²) < 4.78 is 0. The second-order valence-corrected chi connectivity index (χ2v) is 5.89. The lowest BCUT2D eigenvalue weighted by Crippen LogP contribution is -2.48. The zero-order valence-electron chi connectivity index (χ0n) is 11.8. The van der Waals surface area contributed by atoms with Crippen LogP contribution in [-0.4, -0.2) is 60.1 Å². The number of benzene rings is 1. The molecule has 1 N–H and O–H groups in total. The van der Waals surface area contributed by atoms with Gasteiger partial charge in [0.05, 0.1) is 6.42 Å². The third-order valence-corrected chi connectivity index (χ3v) is 4.55. The molecule has 3 rings (SSSR count). The molecule has 1 saturated heterocycles. The molecular weight excluding hydrogens is 252 g/mol. The number of piperazine rings is 1. The van der Waals surface area contributed by atoms with Crippen LogP contribution < -0.4 is 0 Å². The van der Waals surface area contributed by atoms with E-state index < -0.39 is 5.97 Å². The van der Waals surface area contributed by atoms with E-state index in [1.54, 1.807) is 0 Å². The van der Waals surface area contributed by atoms with Crippen LogP contribution in [0.3, 0.4) is 0 Å². The third kappa shape index (κ3) is 3.02. The van der Waals surface area contributed by atoms with E-state index in [-0.39, 0.29) is 6.42 Å². The van der Waals surface area contributed by atoms with Crippen molar-refractivity contribution in [2.24, 2.45) is 0 Å². The van der Waals surface area contributed by atoms with Crippen molar-refractivity contribution >= 4 is 5.97 Å². The molecule has 1 unspecified atom stereocenters. The van der Waals surface area contributed by atoms with Crippen LogP contribution >= 0.6 is 0 Å². The molecule has 0 radical (unpaired) electrons. The molecule has 1 aromatic carbocycles. The molecule has 0 spiro atoms. The molecule has 20 heavy (non-hydrogen) atoms. The number of carboxylic acids is 1. The fraction of sp³-hybridized carbons (Fsp3) is 0.562. The van der Waals surface area contributed by atoms with Crippen molar-refractivity contribution in [2.75, 3.05) is 39.3 Å². The van der Waals surface area contributed by atoms with Gasteiger partial charge in [0, 0.05) is 45.2 Å². The largest absolute Gasteiger partial charge is 0.481 e. The van der Waals surface area contributed by atoms with Gasteiger partial charge in [0.1, 0.15) is 0 Å². The molecule has 1 heterocycles. The topological polar surface area (TPSA) is 43.8 Å². The van der Waals surface area contributed by atoms with Crippen molar-refractivity contribution in [3.63, 3.8) is 0 Å². The second-order valence-electron chi connectivity index (χ2n) is 5.89. The maximum absolute atomic E-state index is 10.6. The minimum atomic E-state index is -0.696. The summed E-state index contributed by atoms with van der Waals surface area (Å²) in [6.45, 7) is 5.99. The predicted molar refractivity (Wildman–Crippen MR) is 78.0 cm³/mol. The molecule has 1 atom stereocenters. The van der Waals surface area contributed by atoms with Crippen molar-refractivity contribution in [3.8, 4) is 0 Å². The molecule has 1 fully saturated rings. The number of carbonyl (C=O) groups is 1. The van der Waals surface area contributed by atoms with Crippen LogP contribution in [0, 0.1) is 0 Å². The molecule has 0 saturated carbocycles. The number of hydrogen-bond donors (Lipinski definition) is 1. The summed E-state index contributed by atoms with van der Waals surface area (Å²) in [4.78, 5) is 15.4. The second kappa shape index (κ2) is 5.94. The van der Waals surface area contributed by atoms with Crippen LogP contribution in [0.25, 0.3) is 0 Å². The number of fused-ring (bicyclic) bond motifs is 1. The van der Waals surface area contributed by atoms with E-state index in [1.807, 2.05) is 0 Å². The lowest BCUT2D eigenvalue weighted by molar-refractivity contribution is -0.137. The van der Waals surface area contributed by atoms with Crippen molar-refractivity contribution in [1.29, 1.82) is 0 Å². The van der Waals surface area contributed by atoms with E-state index in [0.29, 0.717) is 12.5 Å². The summed E-state index contributed by atoms with van der Waals surface area (Å²) in [5, 5.41) is 8.71. The van der Waals surface area contributed by atoms with Crippen LogP contribution in [0.4, 0.5) is 0 Å². The average Bonchev–Trinajstić information content (AvgIpc) is 2.44. The first kappa shape index (κ1) is 13.6. The van der Waals surface area contributed by atoms with E-state index in [4.69, 9.17) is 5.11 Å². The average molecular weight is 274 g/mol.